The van der Waals surface area contributed by atoms with E-state index in [1.165, 1.54) is 44.9 Å². The Bertz CT molecular complexity index is 775. The zero-order chi connectivity index (χ0) is 32.3. The Morgan fingerprint density at radius 3 is 1.98 bits per heavy atom. The number of unbranched alkanes of at least 4 members (excludes halogenated alkanes) is 9. The number of hydrogen-bond acceptors (Lipinski definition) is 8. The fraction of sp³-hybridized carbons (Fsp3) is 0.889. The molecule has 44 heavy (non-hydrogen) atoms. The van der Waals surface area contributed by atoms with Crippen molar-refractivity contribution in [2.24, 2.45) is 17.8 Å². The first-order valence-corrected chi connectivity index (χ1v) is 17.6. The molecule has 0 spiro atoms. The molecule has 258 valence electrons. The van der Waals surface area contributed by atoms with Crippen molar-refractivity contribution in [2.45, 2.75) is 168 Å². The largest absolute Gasteiger partial charge is 0.490 e. The van der Waals surface area contributed by atoms with Crippen molar-refractivity contribution in [3.63, 3.8) is 0 Å². The molecular weight excluding hydrogens is 560 g/mol. The van der Waals surface area contributed by atoms with Crippen LogP contribution < -0.4 is 0 Å². The predicted molar refractivity (Wildman–Crippen MR) is 175 cm³/mol. The van der Waals surface area contributed by atoms with Crippen LogP contribution in [0.5, 0.6) is 0 Å². The maximum absolute atomic E-state index is 10.0. The summed E-state index contributed by atoms with van der Waals surface area (Å²) in [6.45, 7) is 12.7. The van der Waals surface area contributed by atoms with Gasteiger partial charge in [-0.2, -0.15) is 0 Å². The molecule has 0 aromatic heterocycles. The van der Waals surface area contributed by atoms with Crippen LogP contribution in [0.3, 0.4) is 0 Å². The van der Waals surface area contributed by atoms with Crippen LogP contribution in [0.4, 0.5) is 0 Å². The highest BCUT2D eigenvalue weighted by Gasteiger charge is 2.50. The summed E-state index contributed by atoms with van der Waals surface area (Å²) in [5.74, 6) is 0.361. The van der Waals surface area contributed by atoms with Gasteiger partial charge in [-0.3, -0.25) is 0 Å². The molecule has 0 aromatic carbocycles. The van der Waals surface area contributed by atoms with E-state index in [9.17, 15) is 5.11 Å². The van der Waals surface area contributed by atoms with Crippen LogP contribution in [-0.2, 0) is 28.4 Å². The number of aliphatic hydroxyl groups is 2. The Labute approximate surface area is 268 Å². The van der Waals surface area contributed by atoms with Gasteiger partial charge in [0.2, 0.25) is 0 Å². The molecule has 2 fully saturated rings. The smallest absolute Gasteiger partial charge is 0.198 e. The van der Waals surface area contributed by atoms with Crippen LogP contribution in [0.1, 0.15) is 119 Å². The lowest BCUT2D eigenvalue weighted by atomic mass is 9.84. The minimum absolute atomic E-state index is 0.0375. The fourth-order valence-electron chi connectivity index (χ4n) is 6.34. The van der Waals surface area contributed by atoms with E-state index in [2.05, 4.69) is 39.8 Å². The number of methoxy groups -OCH3 is 1. The normalized spacial score (nSPS) is 33.8. The molecule has 2 saturated heterocycles. The summed E-state index contributed by atoms with van der Waals surface area (Å²) in [7, 11) is 1.66. The number of hydrogen-bond donors (Lipinski definition) is 2. The minimum atomic E-state index is -0.742. The molecule has 2 aliphatic rings. The zero-order valence-corrected chi connectivity index (χ0v) is 28.9. The second-order valence-corrected chi connectivity index (χ2v) is 13.1. The molecular formula is C36H66O8. The molecule has 11 atom stereocenters. The summed E-state index contributed by atoms with van der Waals surface area (Å²) >= 11 is 0. The van der Waals surface area contributed by atoms with Gasteiger partial charge in [-0.1, -0.05) is 77.5 Å². The molecule has 2 rings (SSSR count). The highest BCUT2D eigenvalue weighted by Crippen LogP contribution is 2.38. The van der Waals surface area contributed by atoms with E-state index in [0.29, 0.717) is 6.61 Å². The van der Waals surface area contributed by atoms with E-state index in [4.69, 9.17) is 33.5 Å². The lowest BCUT2D eigenvalue weighted by Crippen LogP contribution is -2.60. The quantitative estimate of drug-likeness (QED) is 0.0734. The Morgan fingerprint density at radius 2 is 1.36 bits per heavy atom. The van der Waals surface area contributed by atoms with Crippen LogP contribution in [0.25, 0.3) is 0 Å². The van der Waals surface area contributed by atoms with Gasteiger partial charge < -0.3 is 38.6 Å². The van der Waals surface area contributed by atoms with Crippen molar-refractivity contribution in [1.29, 1.82) is 0 Å². The highest BCUT2D eigenvalue weighted by atomic mass is 16.8. The van der Waals surface area contributed by atoms with Gasteiger partial charge in [0.1, 0.15) is 12.2 Å². The highest BCUT2D eigenvalue weighted by molar-refractivity contribution is 4.93. The van der Waals surface area contributed by atoms with Gasteiger partial charge >= 0.3 is 0 Å². The third-order valence-corrected chi connectivity index (χ3v) is 9.62. The van der Waals surface area contributed by atoms with Gasteiger partial charge in [-0.05, 0) is 71.1 Å². The molecule has 0 saturated carbocycles. The van der Waals surface area contributed by atoms with Crippen molar-refractivity contribution in [3.05, 3.63) is 24.5 Å². The number of allylic oxidation sites excluding steroid dienone is 3. The molecule has 11 unspecified atom stereocenters. The summed E-state index contributed by atoms with van der Waals surface area (Å²) in [5.41, 5.74) is 0. The van der Waals surface area contributed by atoms with Crippen LogP contribution in [0.2, 0.25) is 0 Å². The average molecular weight is 627 g/mol. The van der Waals surface area contributed by atoms with Gasteiger partial charge in [0.15, 0.2) is 18.7 Å². The van der Waals surface area contributed by atoms with Crippen molar-refractivity contribution in [1.82, 2.24) is 0 Å². The van der Waals surface area contributed by atoms with Crippen LogP contribution in [0, 0.1) is 17.8 Å². The van der Waals surface area contributed by atoms with Crippen molar-refractivity contribution in [2.75, 3.05) is 20.3 Å². The monoisotopic (exact) mass is 626 g/mol. The Hall–Kier alpha value is -1.00. The molecule has 0 amide bonds. The second-order valence-electron chi connectivity index (χ2n) is 13.1. The molecule has 2 N–H and O–H groups in total. The van der Waals surface area contributed by atoms with E-state index in [1.54, 1.807) is 13.4 Å². The Morgan fingerprint density at radius 1 is 0.727 bits per heavy atom. The molecule has 2 heterocycles. The lowest BCUT2D eigenvalue weighted by Gasteiger charge is -2.48. The maximum atomic E-state index is 10.0. The number of aliphatic hydroxyl groups excluding tert-OH is 2. The van der Waals surface area contributed by atoms with Gasteiger partial charge in [-0.15, -0.1) is 0 Å². The van der Waals surface area contributed by atoms with Crippen LogP contribution >= 0.6 is 0 Å². The third kappa shape index (κ3) is 13.0. The Balaban J connectivity index is 1.85. The minimum Gasteiger partial charge on any atom is -0.490 e. The van der Waals surface area contributed by atoms with E-state index in [0.717, 1.165) is 32.1 Å². The SMILES string of the molecule is CC=COC1C(OC2C(OC(C)CCCCCC/C=C\CCCCCCCO)OC(C)C(C)C2C)OC(CO)C(C)C1OC. The summed E-state index contributed by atoms with van der Waals surface area (Å²) in [6, 6.07) is 0. The zero-order valence-electron chi connectivity index (χ0n) is 28.9. The maximum Gasteiger partial charge on any atom is 0.198 e. The molecule has 0 aliphatic carbocycles. The van der Waals surface area contributed by atoms with Gasteiger partial charge in [0.25, 0.3) is 0 Å². The average Bonchev–Trinajstić information content (AvgIpc) is 3.01. The standard InChI is InChI=1S/C36H66O8/c1-8-24-40-34-32(39-7)29(5)31(25-38)43-36(34)44-33-28(4)27(3)30(6)42-35(33)41-26(2)22-20-18-16-14-12-10-9-11-13-15-17-19-21-23-37/h8-10,24,26-38H,11-23,25H2,1-7H3/b10-9-,24-8?. The molecule has 0 bridgehead atoms. The summed E-state index contributed by atoms with van der Waals surface area (Å²) < 4.78 is 37.8. The van der Waals surface area contributed by atoms with Gasteiger partial charge in [0, 0.05) is 19.6 Å². The van der Waals surface area contributed by atoms with Crippen molar-refractivity contribution in [3.8, 4) is 0 Å². The summed E-state index contributed by atoms with van der Waals surface area (Å²) in [5, 5.41) is 18.9. The number of rotatable bonds is 22. The number of ether oxygens (including phenoxy) is 6. The Kier molecular flexibility index (Phi) is 20.0. The first kappa shape index (κ1) is 39.2. The second kappa shape index (κ2) is 22.5. The fourth-order valence-corrected chi connectivity index (χ4v) is 6.34. The van der Waals surface area contributed by atoms with E-state index in [1.807, 2.05) is 19.9 Å². The molecule has 0 radical (unpaired) electrons. The van der Waals surface area contributed by atoms with E-state index in [-0.39, 0.29) is 48.8 Å². The topological polar surface area (TPSA) is 95.8 Å². The van der Waals surface area contributed by atoms with Crippen LogP contribution in [-0.4, -0.2) is 79.7 Å². The molecule has 8 heteroatoms. The lowest BCUT2D eigenvalue weighted by molar-refractivity contribution is -0.355. The molecule has 0 aromatic rings. The van der Waals surface area contributed by atoms with Crippen LogP contribution in [0.15, 0.2) is 24.5 Å². The molecule has 2 aliphatic heterocycles. The van der Waals surface area contributed by atoms with Crippen molar-refractivity contribution < 1.29 is 38.6 Å². The van der Waals surface area contributed by atoms with Gasteiger partial charge in [0.05, 0.1) is 31.2 Å². The van der Waals surface area contributed by atoms with Gasteiger partial charge in [-0.25, -0.2) is 0 Å². The molecule has 8 nitrogen and oxygen atoms in total. The third-order valence-electron chi connectivity index (χ3n) is 9.62. The first-order valence-electron chi connectivity index (χ1n) is 17.6. The van der Waals surface area contributed by atoms with Crippen molar-refractivity contribution >= 4 is 0 Å². The first-order chi connectivity index (χ1) is 21.3. The summed E-state index contributed by atoms with van der Waals surface area (Å²) in [6.07, 6.45) is 19.3. The predicted octanol–water partition coefficient (Wildman–Crippen LogP) is 7.31. The van der Waals surface area contributed by atoms with E-state index < -0.39 is 24.8 Å². The summed E-state index contributed by atoms with van der Waals surface area (Å²) in [4.78, 5) is 0. The van der Waals surface area contributed by atoms with E-state index >= 15 is 0 Å².